The molecule has 0 aliphatic carbocycles. The van der Waals surface area contributed by atoms with Crippen LogP contribution in [0.3, 0.4) is 0 Å². The summed E-state index contributed by atoms with van der Waals surface area (Å²) in [6, 6.07) is 6.33. The number of nitrogens with one attached hydrogen (secondary N) is 1. The lowest BCUT2D eigenvalue weighted by Gasteiger charge is -2.30. The van der Waals surface area contributed by atoms with Crippen molar-refractivity contribution in [3.8, 4) is 0 Å². The molecule has 1 heterocycles. The van der Waals surface area contributed by atoms with Crippen LogP contribution in [0.15, 0.2) is 36.7 Å². The Kier molecular flexibility index (Phi) is 3.76. The van der Waals surface area contributed by atoms with Crippen molar-refractivity contribution >= 4 is 5.69 Å². The van der Waals surface area contributed by atoms with Crippen LogP contribution in [0, 0.1) is 12.7 Å². The van der Waals surface area contributed by atoms with E-state index in [-0.39, 0.29) is 12.4 Å². The number of benzene rings is 1. The zero-order valence-electron chi connectivity index (χ0n) is 10.9. The minimum Gasteiger partial charge on any atom is -0.394 e. The largest absolute Gasteiger partial charge is 0.394 e. The zero-order chi connectivity index (χ0) is 13.9. The van der Waals surface area contributed by atoms with Crippen molar-refractivity contribution in [1.29, 1.82) is 0 Å². The molecular weight excluding hydrogens is 245 g/mol. The first kappa shape index (κ1) is 13.4. The minimum absolute atomic E-state index is 0.221. The van der Waals surface area contributed by atoms with E-state index < -0.39 is 5.54 Å². The van der Waals surface area contributed by atoms with E-state index in [9.17, 15) is 9.50 Å². The molecule has 0 bridgehead atoms. The lowest BCUT2D eigenvalue weighted by molar-refractivity contribution is 0.219. The molecule has 0 aliphatic rings. The molecule has 19 heavy (non-hydrogen) atoms. The standard InChI is InChI=1S/C14H16FN3O/c1-10-13(17-8-7-16-10)14(2,9-19)18-12-6-4-3-5-11(12)15/h3-8,18-19H,9H2,1-2H3. The number of aryl methyl sites for hydroxylation is 1. The van der Waals surface area contributed by atoms with Crippen LogP contribution in [0.4, 0.5) is 10.1 Å². The number of anilines is 1. The molecule has 100 valence electrons. The van der Waals surface area contributed by atoms with Gasteiger partial charge in [-0.25, -0.2) is 4.39 Å². The molecule has 0 radical (unpaired) electrons. The van der Waals surface area contributed by atoms with E-state index in [4.69, 9.17) is 0 Å². The maximum Gasteiger partial charge on any atom is 0.146 e. The van der Waals surface area contributed by atoms with Crippen molar-refractivity contribution < 1.29 is 9.50 Å². The van der Waals surface area contributed by atoms with Crippen molar-refractivity contribution in [2.45, 2.75) is 19.4 Å². The highest BCUT2D eigenvalue weighted by Gasteiger charge is 2.30. The molecule has 2 rings (SSSR count). The minimum atomic E-state index is -0.888. The average molecular weight is 261 g/mol. The number of hydrogen-bond donors (Lipinski definition) is 2. The Morgan fingerprint density at radius 1 is 1.26 bits per heavy atom. The predicted molar refractivity (Wildman–Crippen MR) is 71.2 cm³/mol. The summed E-state index contributed by atoms with van der Waals surface area (Å²) in [6.07, 6.45) is 3.14. The topological polar surface area (TPSA) is 58.0 Å². The van der Waals surface area contributed by atoms with Gasteiger partial charge in [0.2, 0.25) is 0 Å². The molecule has 0 spiro atoms. The fourth-order valence-electron chi connectivity index (χ4n) is 1.98. The molecule has 4 nitrogen and oxygen atoms in total. The second-order valence-corrected chi connectivity index (χ2v) is 4.59. The molecule has 0 fully saturated rings. The quantitative estimate of drug-likeness (QED) is 0.886. The third kappa shape index (κ3) is 2.71. The fraction of sp³-hybridized carbons (Fsp3) is 0.286. The van der Waals surface area contributed by atoms with E-state index in [1.807, 2.05) is 0 Å². The lowest BCUT2D eigenvalue weighted by Crippen LogP contribution is -2.38. The first-order valence-electron chi connectivity index (χ1n) is 5.98. The van der Waals surface area contributed by atoms with Gasteiger partial charge < -0.3 is 10.4 Å². The number of aliphatic hydroxyl groups excluding tert-OH is 1. The molecule has 0 saturated carbocycles. The number of aromatic nitrogens is 2. The van der Waals surface area contributed by atoms with Crippen LogP contribution in [0.2, 0.25) is 0 Å². The molecule has 5 heteroatoms. The summed E-state index contributed by atoms with van der Waals surface area (Å²) < 4.78 is 13.7. The van der Waals surface area contributed by atoms with Gasteiger partial charge in [-0.15, -0.1) is 0 Å². The van der Waals surface area contributed by atoms with Crippen molar-refractivity contribution in [1.82, 2.24) is 9.97 Å². The second-order valence-electron chi connectivity index (χ2n) is 4.59. The van der Waals surface area contributed by atoms with E-state index in [2.05, 4.69) is 15.3 Å². The van der Waals surface area contributed by atoms with E-state index in [0.29, 0.717) is 17.1 Å². The molecule has 1 aromatic heterocycles. The van der Waals surface area contributed by atoms with Gasteiger partial charge in [0.25, 0.3) is 0 Å². The summed E-state index contributed by atoms with van der Waals surface area (Å²) in [4.78, 5) is 8.39. The van der Waals surface area contributed by atoms with Crippen molar-refractivity contribution in [2.75, 3.05) is 11.9 Å². The Morgan fingerprint density at radius 2 is 1.95 bits per heavy atom. The Bertz CT molecular complexity index is 576. The van der Waals surface area contributed by atoms with Gasteiger partial charge in [-0.05, 0) is 26.0 Å². The Balaban J connectivity index is 2.39. The van der Waals surface area contributed by atoms with Gasteiger partial charge in [-0.3, -0.25) is 9.97 Å². The Hall–Kier alpha value is -2.01. The summed E-state index contributed by atoms with van der Waals surface area (Å²) in [5.41, 5.74) is 0.730. The van der Waals surface area contributed by atoms with E-state index in [1.54, 1.807) is 44.4 Å². The van der Waals surface area contributed by atoms with Gasteiger partial charge in [0.05, 0.1) is 23.7 Å². The Labute approximate surface area is 111 Å². The number of para-hydroxylation sites is 1. The smallest absolute Gasteiger partial charge is 0.146 e. The van der Waals surface area contributed by atoms with Gasteiger partial charge in [-0.2, -0.15) is 0 Å². The second kappa shape index (κ2) is 5.32. The van der Waals surface area contributed by atoms with Crippen LogP contribution in [0.5, 0.6) is 0 Å². The van der Waals surface area contributed by atoms with Crippen LogP contribution in [-0.4, -0.2) is 21.7 Å². The summed E-state index contributed by atoms with van der Waals surface area (Å²) in [7, 11) is 0. The highest BCUT2D eigenvalue weighted by atomic mass is 19.1. The number of nitrogens with zero attached hydrogens (tertiary/aromatic N) is 2. The molecule has 0 saturated heterocycles. The molecule has 1 unspecified atom stereocenters. The summed E-state index contributed by atoms with van der Waals surface area (Å²) >= 11 is 0. The maximum atomic E-state index is 13.7. The number of halogens is 1. The van der Waals surface area contributed by atoms with Crippen molar-refractivity contribution in [3.05, 3.63) is 53.9 Å². The van der Waals surface area contributed by atoms with Crippen LogP contribution in [-0.2, 0) is 5.54 Å². The van der Waals surface area contributed by atoms with Gasteiger partial charge >= 0.3 is 0 Å². The normalized spacial score (nSPS) is 13.9. The first-order chi connectivity index (χ1) is 9.07. The number of hydrogen-bond acceptors (Lipinski definition) is 4. The average Bonchev–Trinajstić information content (AvgIpc) is 2.42. The van der Waals surface area contributed by atoms with Gasteiger partial charge in [-0.1, -0.05) is 12.1 Å². The monoisotopic (exact) mass is 261 g/mol. The summed E-state index contributed by atoms with van der Waals surface area (Å²) in [5.74, 6) is -0.372. The molecule has 1 atom stereocenters. The fourth-order valence-corrected chi connectivity index (χ4v) is 1.98. The predicted octanol–water partition coefficient (Wildman–Crippen LogP) is 2.24. The third-order valence-electron chi connectivity index (χ3n) is 3.00. The van der Waals surface area contributed by atoms with E-state index in [1.165, 1.54) is 6.07 Å². The molecule has 2 N–H and O–H groups in total. The molecule has 1 aromatic carbocycles. The highest BCUT2D eigenvalue weighted by molar-refractivity contribution is 5.48. The first-order valence-corrected chi connectivity index (χ1v) is 5.98. The van der Waals surface area contributed by atoms with E-state index >= 15 is 0 Å². The van der Waals surface area contributed by atoms with Crippen LogP contribution >= 0.6 is 0 Å². The molecule has 0 amide bonds. The van der Waals surface area contributed by atoms with Crippen molar-refractivity contribution in [3.63, 3.8) is 0 Å². The Morgan fingerprint density at radius 3 is 2.58 bits per heavy atom. The number of rotatable bonds is 4. The van der Waals surface area contributed by atoms with Gasteiger partial charge in [0.15, 0.2) is 0 Å². The highest BCUT2D eigenvalue weighted by Crippen LogP contribution is 2.27. The third-order valence-corrected chi connectivity index (χ3v) is 3.00. The maximum absolute atomic E-state index is 13.7. The van der Waals surface area contributed by atoms with Crippen LogP contribution in [0.25, 0.3) is 0 Å². The van der Waals surface area contributed by atoms with Crippen LogP contribution < -0.4 is 5.32 Å². The van der Waals surface area contributed by atoms with Gasteiger partial charge in [0.1, 0.15) is 11.4 Å². The number of aliphatic hydroxyl groups is 1. The summed E-state index contributed by atoms with van der Waals surface area (Å²) in [5, 5.41) is 12.7. The van der Waals surface area contributed by atoms with E-state index in [0.717, 1.165) is 0 Å². The van der Waals surface area contributed by atoms with Gasteiger partial charge in [0, 0.05) is 12.4 Å². The molecule has 2 aromatic rings. The SMILES string of the molecule is Cc1nccnc1C(C)(CO)Nc1ccccc1F. The lowest BCUT2D eigenvalue weighted by atomic mass is 9.96. The zero-order valence-corrected chi connectivity index (χ0v) is 10.9. The molecular formula is C14H16FN3O. The van der Waals surface area contributed by atoms with Crippen LogP contribution in [0.1, 0.15) is 18.3 Å². The summed E-state index contributed by atoms with van der Waals surface area (Å²) in [6.45, 7) is 3.34. The van der Waals surface area contributed by atoms with Crippen molar-refractivity contribution in [2.24, 2.45) is 0 Å². The molecule has 0 aliphatic heterocycles.